The molecule has 0 aliphatic heterocycles. The largest absolute Gasteiger partial charge is 0.294 e. The van der Waals surface area contributed by atoms with Gasteiger partial charge < -0.3 is 0 Å². The van der Waals surface area contributed by atoms with Gasteiger partial charge in [-0.15, -0.1) is 0 Å². The fourth-order valence-electron chi connectivity index (χ4n) is 2.08. The Morgan fingerprint density at radius 1 is 1.11 bits per heavy atom. The first-order valence-corrected chi connectivity index (χ1v) is 6.02. The van der Waals surface area contributed by atoms with E-state index in [2.05, 4.69) is 0 Å². The predicted octanol–water partition coefficient (Wildman–Crippen LogP) is 4.01. The average molecular weight is 260 g/mol. The van der Waals surface area contributed by atoms with Crippen LogP contribution >= 0.6 is 0 Å². The second-order valence-corrected chi connectivity index (χ2v) is 4.63. The van der Waals surface area contributed by atoms with Crippen molar-refractivity contribution in [3.05, 3.63) is 70.3 Å². The molecule has 0 amide bonds. The highest BCUT2D eigenvalue weighted by Gasteiger charge is 2.14. The fraction of sp³-hybridized carbons (Fsp3) is 0.188. The minimum atomic E-state index is -0.944. The van der Waals surface area contributed by atoms with Gasteiger partial charge in [-0.1, -0.05) is 35.9 Å². The molecule has 0 radical (unpaired) electrons. The van der Waals surface area contributed by atoms with Crippen molar-refractivity contribution < 1.29 is 13.6 Å². The Labute approximate surface area is 110 Å². The summed E-state index contributed by atoms with van der Waals surface area (Å²) < 4.78 is 26.6. The Morgan fingerprint density at radius 2 is 1.84 bits per heavy atom. The van der Waals surface area contributed by atoms with Gasteiger partial charge in [-0.05, 0) is 31.0 Å². The lowest BCUT2D eigenvalue weighted by Crippen LogP contribution is -2.08. The number of benzene rings is 2. The van der Waals surface area contributed by atoms with E-state index >= 15 is 0 Å². The number of ketones is 1. The van der Waals surface area contributed by atoms with Crippen LogP contribution in [0.3, 0.4) is 0 Å². The van der Waals surface area contributed by atoms with E-state index in [1.54, 1.807) is 6.07 Å². The Kier molecular flexibility index (Phi) is 3.74. The molecular weight excluding hydrogens is 246 g/mol. The predicted molar refractivity (Wildman–Crippen MR) is 70.3 cm³/mol. The Morgan fingerprint density at radius 3 is 2.53 bits per heavy atom. The molecule has 1 nitrogen and oxygen atoms in total. The number of carbonyl (C=O) groups excluding carboxylic acids is 1. The number of hydrogen-bond acceptors (Lipinski definition) is 1. The van der Waals surface area contributed by atoms with Crippen LogP contribution in [-0.2, 0) is 6.42 Å². The van der Waals surface area contributed by atoms with E-state index in [-0.39, 0.29) is 17.8 Å². The third kappa shape index (κ3) is 2.87. The van der Waals surface area contributed by atoms with Crippen LogP contribution in [0.2, 0.25) is 0 Å². The van der Waals surface area contributed by atoms with Crippen molar-refractivity contribution in [1.29, 1.82) is 0 Å². The van der Waals surface area contributed by atoms with Crippen molar-refractivity contribution in [2.24, 2.45) is 0 Å². The zero-order valence-corrected chi connectivity index (χ0v) is 10.8. The molecule has 0 aliphatic carbocycles. The third-order valence-electron chi connectivity index (χ3n) is 3.06. The number of hydrogen-bond donors (Lipinski definition) is 0. The van der Waals surface area contributed by atoms with Crippen LogP contribution in [0.15, 0.2) is 36.4 Å². The molecule has 0 heterocycles. The van der Waals surface area contributed by atoms with Crippen LogP contribution < -0.4 is 0 Å². The van der Waals surface area contributed by atoms with Crippen molar-refractivity contribution in [1.82, 2.24) is 0 Å². The quantitative estimate of drug-likeness (QED) is 0.762. The molecule has 0 spiro atoms. The van der Waals surface area contributed by atoms with E-state index < -0.39 is 11.6 Å². The van der Waals surface area contributed by atoms with Gasteiger partial charge >= 0.3 is 0 Å². The molecule has 2 aromatic carbocycles. The number of halogens is 2. The highest BCUT2D eigenvalue weighted by molar-refractivity contribution is 5.98. The first-order valence-electron chi connectivity index (χ1n) is 6.02. The first kappa shape index (κ1) is 13.4. The lowest BCUT2D eigenvalue weighted by atomic mass is 9.97. The molecule has 2 rings (SSSR count). The normalized spacial score (nSPS) is 10.5. The number of rotatable bonds is 3. The summed E-state index contributed by atoms with van der Waals surface area (Å²) in [6.07, 6.45) is -0.131. The highest BCUT2D eigenvalue weighted by Crippen LogP contribution is 2.17. The summed E-state index contributed by atoms with van der Waals surface area (Å²) in [4.78, 5) is 12.1. The molecule has 0 unspecified atom stereocenters. The zero-order valence-electron chi connectivity index (χ0n) is 10.8. The minimum absolute atomic E-state index is 0.0879. The zero-order chi connectivity index (χ0) is 14.0. The number of Topliss-reactive ketones (excluding diaryl/α,β-unsaturated/α-hetero) is 1. The van der Waals surface area contributed by atoms with Gasteiger partial charge in [0.1, 0.15) is 0 Å². The first-order chi connectivity index (χ1) is 8.99. The summed E-state index contributed by atoms with van der Waals surface area (Å²) in [6, 6.07) is 9.34. The molecule has 0 N–H and O–H groups in total. The molecule has 0 saturated carbocycles. The molecule has 98 valence electrons. The van der Waals surface area contributed by atoms with Gasteiger partial charge in [0.05, 0.1) is 0 Å². The van der Waals surface area contributed by atoms with Crippen LogP contribution in [0.5, 0.6) is 0 Å². The molecular formula is C16H14F2O. The summed E-state index contributed by atoms with van der Waals surface area (Å²) in [5, 5.41) is 0. The van der Waals surface area contributed by atoms with Gasteiger partial charge in [0.25, 0.3) is 0 Å². The molecule has 2 aromatic rings. The van der Waals surface area contributed by atoms with Gasteiger partial charge in [0, 0.05) is 12.0 Å². The lowest BCUT2D eigenvalue weighted by molar-refractivity contribution is 0.0991. The molecule has 0 bridgehead atoms. The molecule has 0 fully saturated rings. The smallest absolute Gasteiger partial charge is 0.167 e. The van der Waals surface area contributed by atoms with Crippen LogP contribution in [0.25, 0.3) is 0 Å². The molecule has 0 aliphatic rings. The second kappa shape index (κ2) is 5.31. The SMILES string of the molecule is Cc1ccc(C(=O)Cc2cccc(F)c2F)c(C)c1. The second-order valence-electron chi connectivity index (χ2n) is 4.63. The third-order valence-corrected chi connectivity index (χ3v) is 3.06. The maximum absolute atomic E-state index is 13.5. The molecule has 0 atom stereocenters. The van der Waals surface area contributed by atoms with Gasteiger partial charge in [-0.2, -0.15) is 0 Å². The molecule has 0 aromatic heterocycles. The summed E-state index contributed by atoms with van der Waals surface area (Å²) in [5.74, 6) is -2.08. The number of aryl methyl sites for hydroxylation is 2. The Balaban J connectivity index is 2.28. The Hall–Kier alpha value is -2.03. The highest BCUT2D eigenvalue weighted by atomic mass is 19.2. The van der Waals surface area contributed by atoms with Gasteiger partial charge in [-0.3, -0.25) is 4.79 Å². The van der Waals surface area contributed by atoms with Gasteiger partial charge in [0.15, 0.2) is 17.4 Å². The lowest BCUT2D eigenvalue weighted by Gasteiger charge is -2.07. The average Bonchev–Trinajstić information content (AvgIpc) is 2.34. The number of carbonyl (C=O) groups is 1. The van der Waals surface area contributed by atoms with Crippen LogP contribution in [0.1, 0.15) is 27.0 Å². The van der Waals surface area contributed by atoms with E-state index in [9.17, 15) is 13.6 Å². The molecule has 0 saturated heterocycles. The van der Waals surface area contributed by atoms with Crippen molar-refractivity contribution in [3.8, 4) is 0 Å². The molecule has 19 heavy (non-hydrogen) atoms. The van der Waals surface area contributed by atoms with Gasteiger partial charge in [0.2, 0.25) is 0 Å². The van der Waals surface area contributed by atoms with E-state index in [1.807, 2.05) is 26.0 Å². The van der Waals surface area contributed by atoms with E-state index in [0.717, 1.165) is 17.2 Å². The van der Waals surface area contributed by atoms with Crippen molar-refractivity contribution in [2.45, 2.75) is 20.3 Å². The standard InChI is InChI=1S/C16H14F2O/c1-10-6-7-13(11(2)8-10)15(19)9-12-4-3-5-14(17)16(12)18/h3-8H,9H2,1-2H3. The summed E-state index contributed by atoms with van der Waals surface area (Å²) >= 11 is 0. The minimum Gasteiger partial charge on any atom is -0.294 e. The van der Waals surface area contributed by atoms with E-state index in [0.29, 0.717) is 5.56 Å². The van der Waals surface area contributed by atoms with Crippen molar-refractivity contribution in [2.75, 3.05) is 0 Å². The van der Waals surface area contributed by atoms with Gasteiger partial charge in [-0.25, -0.2) is 8.78 Å². The monoisotopic (exact) mass is 260 g/mol. The Bertz CT molecular complexity index is 633. The maximum atomic E-state index is 13.5. The fourth-order valence-corrected chi connectivity index (χ4v) is 2.08. The van der Waals surface area contributed by atoms with E-state index in [1.165, 1.54) is 12.1 Å². The van der Waals surface area contributed by atoms with Crippen molar-refractivity contribution >= 4 is 5.78 Å². The summed E-state index contributed by atoms with van der Waals surface area (Å²) in [6.45, 7) is 3.77. The summed E-state index contributed by atoms with van der Waals surface area (Å²) in [7, 11) is 0. The van der Waals surface area contributed by atoms with Crippen molar-refractivity contribution in [3.63, 3.8) is 0 Å². The van der Waals surface area contributed by atoms with Crippen LogP contribution in [0, 0.1) is 25.5 Å². The maximum Gasteiger partial charge on any atom is 0.167 e. The topological polar surface area (TPSA) is 17.1 Å². The summed E-state index contributed by atoms with van der Waals surface area (Å²) in [5.41, 5.74) is 2.55. The molecule has 3 heteroatoms. The van der Waals surface area contributed by atoms with Crippen LogP contribution in [-0.4, -0.2) is 5.78 Å². The van der Waals surface area contributed by atoms with E-state index in [4.69, 9.17) is 0 Å². The van der Waals surface area contributed by atoms with Crippen LogP contribution in [0.4, 0.5) is 8.78 Å².